The number of alkyl halides is 3. The number of halogens is 4. The van der Waals surface area contributed by atoms with Crippen molar-refractivity contribution in [3.05, 3.63) is 65.5 Å². The van der Waals surface area contributed by atoms with Crippen LogP contribution in [0.1, 0.15) is 30.0 Å². The Morgan fingerprint density at radius 3 is 2.32 bits per heavy atom. The van der Waals surface area contributed by atoms with Crippen LogP contribution in [0.4, 0.5) is 17.6 Å². The quantitative estimate of drug-likeness (QED) is 0.659. The van der Waals surface area contributed by atoms with Crippen LogP contribution < -0.4 is 10.1 Å². The van der Waals surface area contributed by atoms with Gasteiger partial charge < -0.3 is 15.2 Å². The van der Waals surface area contributed by atoms with Crippen LogP contribution in [-0.2, 0) is 16.0 Å². The van der Waals surface area contributed by atoms with Crippen molar-refractivity contribution in [1.29, 1.82) is 0 Å². The van der Waals surface area contributed by atoms with Crippen molar-refractivity contribution in [2.24, 2.45) is 0 Å². The van der Waals surface area contributed by atoms with Crippen LogP contribution in [0.3, 0.4) is 0 Å². The number of amides is 1. The molecule has 2 aromatic carbocycles. The fourth-order valence-corrected chi connectivity index (χ4v) is 2.57. The first-order valence-electron chi connectivity index (χ1n) is 8.24. The Labute approximate surface area is 157 Å². The molecule has 0 aliphatic carbocycles. The fraction of sp³-hybridized carbons (Fsp3) is 0.263. The van der Waals surface area contributed by atoms with E-state index in [0.29, 0.717) is 5.56 Å². The van der Waals surface area contributed by atoms with Gasteiger partial charge in [0.05, 0.1) is 12.5 Å². The first-order chi connectivity index (χ1) is 13.1. The van der Waals surface area contributed by atoms with Gasteiger partial charge in [-0.05, 0) is 35.7 Å². The molecule has 0 bridgehead atoms. The highest BCUT2D eigenvalue weighted by atomic mass is 19.4. The van der Waals surface area contributed by atoms with E-state index in [-0.39, 0.29) is 18.4 Å². The van der Waals surface area contributed by atoms with Crippen molar-refractivity contribution in [3.63, 3.8) is 0 Å². The number of carbonyl (C=O) groups is 2. The molecule has 150 valence electrons. The third-order valence-electron chi connectivity index (χ3n) is 3.81. The van der Waals surface area contributed by atoms with Crippen molar-refractivity contribution >= 4 is 11.9 Å². The Morgan fingerprint density at radius 1 is 1.07 bits per heavy atom. The second-order valence-electron chi connectivity index (χ2n) is 5.93. The summed E-state index contributed by atoms with van der Waals surface area (Å²) >= 11 is 0. The molecule has 28 heavy (non-hydrogen) atoms. The number of aryl methyl sites for hydroxylation is 1. The molecule has 1 atom stereocenters. The zero-order valence-corrected chi connectivity index (χ0v) is 14.5. The predicted octanol–water partition coefficient (Wildman–Crippen LogP) is 3.99. The van der Waals surface area contributed by atoms with Crippen molar-refractivity contribution < 1.29 is 37.0 Å². The van der Waals surface area contributed by atoms with Gasteiger partial charge in [0.15, 0.2) is 0 Å². The van der Waals surface area contributed by atoms with Crippen LogP contribution in [0.2, 0.25) is 0 Å². The summed E-state index contributed by atoms with van der Waals surface area (Å²) in [6.45, 7) is 0. The van der Waals surface area contributed by atoms with Gasteiger partial charge in [-0.3, -0.25) is 9.59 Å². The van der Waals surface area contributed by atoms with Gasteiger partial charge >= 0.3 is 12.3 Å². The Balaban J connectivity index is 2.03. The lowest BCUT2D eigenvalue weighted by Gasteiger charge is -2.18. The molecular weight excluding hydrogens is 382 g/mol. The molecule has 1 unspecified atom stereocenters. The van der Waals surface area contributed by atoms with Crippen molar-refractivity contribution in [2.45, 2.75) is 31.7 Å². The first kappa shape index (κ1) is 21.2. The van der Waals surface area contributed by atoms with Crippen LogP contribution in [0.5, 0.6) is 5.75 Å². The third-order valence-corrected chi connectivity index (χ3v) is 3.81. The maximum atomic E-state index is 13.0. The molecule has 0 aliphatic rings. The predicted molar refractivity (Wildman–Crippen MR) is 91.0 cm³/mol. The molecule has 0 saturated carbocycles. The number of rotatable bonds is 8. The van der Waals surface area contributed by atoms with E-state index in [4.69, 9.17) is 5.11 Å². The van der Waals surface area contributed by atoms with Crippen molar-refractivity contribution in [3.8, 4) is 5.75 Å². The zero-order valence-electron chi connectivity index (χ0n) is 14.5. The summed E-state index contributed by atoms with van der Waals surface area (Å²) in [7, 11) is 0. The Morgan fingerprint density at radius 2 is 1.71 bits per heavy atom. The summed E-state index contributed by atoms with van der Waals surface area (Å²) in [6, 6.07) is 9.54. The molecule has 2 aromatic rings. The van der Waals surface area contributed by atoms with Gasteiger partial charge in [-0.25, -0.2) is 4.39 Å². The number of nitrogens with one attached hydrogen (secondary N) is 1. The van der Waals surface area contributed by atoms with E-state index in [1.54, 1.807) is 0 Å². The Kier molecular flexibility index (Phi) is 6.97. The molecule has 0 fully saturated rings. The minimum Gasteiger partial charge on any atom is -0.481 e. The number of para-hydroxylation sites is 1. The topological polar surface area (TPSA) is 75.6 Å². The minimum absolute atomic E-state index is 0.0404. The van der Waals surface area contributed by atoms with E-state index >= 15 is 0 Å². The van der Waals surface area contributed by atoms with Gasteiger partial charge in [0.2, 0.25) is 5.91 Å². The molecule has 0 aliphatic heterocycles. The number of hydrogen-bond acceptors (Lipinski definition) is 3. The summed E-state index contributed by atoms with van der Waals surface area (Å²) < 4.78 is 54.3. The molecule has 0 heterocycles. The molecule has 0 spiro atoms. The first-order valence-corrected chi connectivity index (χ1v) is 8.24. The van der Waals surface area contributed by atoms with Gasteiger partial charge in [-0.2, -0.15) is 0 Å². The van der Waals surface area contributed by atoms with Gasteiger partial charge in [0, 0.05) is 6.42 Å². The van der Waals surface area contributed by atoms with E-state index in [1.165, 1.54) is 30.3 Å². The van der Waals surface area contributed by atoms with E-state index < -0.39 is 42.3 Å². The average molecular weight is 399 g/mol. The van der Waals surface area contributed by atoms with Crippen LogP contribution in [0.15, 0.2) is 48.5 Å². The second-order valence-corrected chi connectivity index (χ2v) is 5.93. The Hall–Kier alpha value is -3.10. The second kappa shape index (κ2) is 9.20. The lowest BCUT2D eigenvalue weighted by Crippen LogP contribution is -2.30. The van der Waals surface area contributed by atoms with Crippen molar-refractivity contribution in [1.82, 2.24) is 5.32 Å². The standard InChI is InChI=1S/C19H17F4NO4/c20-14-8-5-12(6-9-14)15(11-18(26)27)24-17(25)10-7-13-3-1-2-4-16(13)28-19(21,22)23/h1-6,8-9,15H,7,10-11H2,(H,24,25)(H,26,27). The summed E-state index contributed by atoms with van der Waals surface area (Å²) in [5.41, 5.74) is 0.587. The number of aliphatic carboxylic acids is 1. The number of benzene rings is 2. The van der Waals surface area contributed by atoms with Crippen LogP contribution in [0.25, 0.3) is 0 Å². The summed E-state index contributed by atoms with van der Waals surface area (Å²) in [5, 5.41) is 11.5. The maximum Gasteiger partial charge on any atom is 0.573 e. The number of hydrogen-bond donors (Lipinski definition) is 2. The average Bonchev–Trinajstić information content (AvgIpc) is 2.59. The van der Waals surface area contributed by atoms with E-state index in [0.717, 1.165) is 18.2 Å². The highest BCUT2D eigenvalue weighted by Gasteiger charge is 2.32. The smallest absolute Gasteiger partial charge is 0.481 e. The van der Waals surface area contributed by atoms with E-state index in [9.17, 15) is 27.2 Å². The van der Waals surface area contributed by atoms with Gasteiger partial charge in [-0.15, -0.1) is 13.2 Å². The Bertz CT molecular complexity index is 821. The minimum atomic E-state index is -4.85. The van der Waals surface area contributed by atoms with Gasteiger partial charge in [0.25, 0.3) is 0 Å². The zero-order chi connectivity index (χ0) is 20.7. The van der Waals surface area contributed by atoms with Crippen LogP contribution in [0, 0.1) is 5.82 Å². The van der Waals surface area contributed by atoms with Gasteiger partial charge in [-0.1, -0.05) is 30.3 Å². The third kappa shape index (κ3) is 6.90. The van der Waals surface area contributed by atoms with E-state index in [1.807, 2.05) is 0 Å². The van der Waals surface area contributed by atoms with Crippen molar-refractivity contribution in [2.75, 3.05) is 0 Å². The maximum absolute atomic E-state index is 13.0. The summed E-state index contributed by atoms with van der Waals surface area (Å²) in [6.07, 6.45) is -5.50. The molecule has 2 rings (SSSR count). The summed E-state index contributed by atoms with van der Waals surface area (Å²) in [4.78, 5) is 23.2. The SMILES string of the molecule is O=C(O)CC(NC(=O)CCc1ccccc1OC(F)(F)F)c1ccc(F)cc1. The number of carbonyl (C=O) groups excluding carboxylic acids is 1. The van der Waals surface area contributed by atoms with E-state index in [2.05, 4.69) is 10.1 Å². The van der Waals surface area contributed by atoms with Gasteiger partial charge in [0.1, 0.15) is 11.6 Å². The molecule has 0 radical (unpaired) electrons. The van der Waals surface area contributed by atoms with Crippen LogP contribution >= 0.6 is 0 Å². The molecule has 0 aromatic heterocycles. The number of ether oxygens (including phenoxy) is 1. The summed E-state index contributed by atoms with van der Waals surface area (Å²) in [5.74, 6) is -2.63. The highest BCUT2D eigenvalue weighted by molar-refractivity contribution is 5.78. The lowest BCUT2D eigenvalue weighted by atomic mass is 10.0. The molecule has 9 heteroatoms. The molecule has 2 N–H and O–H groups in total. The molecule has 5 nitrogen and oxygen atoms in total. The fourth-order valence-electron chi connectivity index (χ4n) is 2.57. The monoisotopic (exact) mass is 399 g/mol. The normalized spacial score (nSPS) is 12.3. The largest absolute Gasteiger partial charge is 0.573 e. The molecule has 0 saturated heterocycles. The molecule has 1 amide bonds. The number of carboxylic acids is 1. The lowest BCUT2D eigenvalue weighted by molar-refractivity contribution is -0.274. The highest BCUT2D eigenvalue weighted by Crippen LogP contribution is 2.27. The van der Waals surface area contributed by atoms with Crippen LogP contribution in [-0.4, -0.2) is 23.3 Å². The number of carboxylic acid groups (broad SMARTS) is 1. The molecular formula is C19H17F4NO4.